The molecule has 36 heavy (non-hydrogen) atoms. The number of hydrogen-bond acceptors (Lipinski definition) is 6. The third-order valence-electron chi connectivity index (χ3n) is 6.26. The van der Waals surface area contributed by atoms with Gasteiger partial charge in [0.25, 0.3) is 0 Å². The summed E-state index contributed by atoms with van der Waals surface area (Å²) >= 11 is 0. The van der Waals surface area contributed by atoms with E-state index in [4.69, 9.17) is 19.3 Å². The second kappa shape index (κ2) is 10.4. The fraction of sp³-hybridized carbons (Fsp3) is 0.133. The van der Waals surface area contributed by atoms with E-state index in [1.54, 1.807) is 20.3 Å². The van der Waals surface area contributed by atoms with Gasteiger partial charge in [-0.15, -0.1) is 0 Å². The van der Waals surface area contributed by atoms with Crippen LogP contribution in [0.15, 0.2) is 108 Å². The standard InChI is InChI=1S/C30H26N2O4/c1-34-23-16-12-20(13-17-23)27(29-25-10-6-7-11-26(25)30(33)36-29)28(21-14-18-24(35-2)19-15-21)32-31-22-8-4-3-5-9-22/h3-19,27,29,31H,1-2H3/b32-28+/t27-,29-/m0/s1. The number of carbonyl (C=O) groups excluding carboxylic acids is 1. The molecule has 0 fully saturated rings. The van der Waals surface area contributed by atoms with Crippen molar-refractivity contribution in [2.24, 2.45) is 5.10 Å². The van der Waals surface area contributed by atoms with Gasteiger partial charge < -0.3 is 14.2 Å². The largest absolute Gasteiger partial charge is 0.497 e. The number of cyclic esters (lactones) is 1. The SMILES string of the molecule is COc1ccc(/C(=N\Nc2ccccc2)[C@H](c2ccc(OC)cc2)[C@H]2OC(=O)c3ccccc32)cc1. The highest BCUT2D eigenvalue weighted by Crippen LogP contribution is 2.43. The molecule has 0 amide bonds. The molecule has 1 heterocycles. The lowest BCUT2D eigenvalue weighted by Gasteiger charge is -2.26. The van der Waals surface area contributed by atoms with Crippen molar-refractivity contribution in [2.45, 2.75) is 12.0 Å². The molecule has 0 unspecified atom stereocenters. The van der Waals surface area contributed by atoms with E-state index in [-0.39, 0.29) is 5.97 Å². The molecule has 180 valence electrons. The Morgan fingerprint density at radius 3 is 2.08 bits per heavy atom. The minimum Gasteiger partial charge on any atom is -0.497 e. The lowest BCUT2D eigenvalue weighted by atomic mass is 9.82. The minimum atomic E-state index is -0.555. The Labute approximate surface area is 210 Å². The molecule has 5 rings (SSSR count). The van der Waals surface area contributed by atoms with Crippen molar-refractivity contribution in [3.63, 3.8) is 0 Å². The van der Waals surface area contributed by atoms with Crippen LogP contribution in [0.4, 0.5) is 5.69 Å². The first-order valence-corrected chi connectivity index (χ1v) is 11.6. The van der Waals surface area contributed by atoms with E-state index in [2.05, 4.69) is 5.43 Å². The van der Waals surface area contributed by atoms with Crippen molar-refractivity contribution >= 4 is 17.4 Å². The molecule has 0 bridgehead atoms. The van der Waals surface area contributed by atoms with E-state index < -0.39 is 12.0 Å². The van der Waals surface area contributed by atoms with E-state index >= 15 is 0 Å². The lowest BCUT2D eigenvalue weighted by Crippen LogP contribution is -2.23. The number of carbonyl (C=O) groups is 1. The summed E-state index contributed by atoms with van der Waals surface area (Å²) < 4.78 is 16.8. The Hall–Kier alpha value is -4.58. The van der Waals surface area contributed by atoms with Crippen LogP contribution in [0, 0.1) is 0 Å². The Balaban J connectivity index is 1.67. The maximum absolute atomic E-state index is 12.8. The fourth-order valence-corrected chi connectivity index (χ4v) is 4.42. The third kappa shape index (κ3) is 4.66. The number of hydrazone groups is 1. The zero-order chi connectivity index (χ0) is 24.9. The summed E-state index contributed by atoms with van der Waals surface area (Å²) in [6.07, 6.45) is -0.555. The average Bonchev–Trinajstić information content (AvgIpc) is 3.27. The van der Waals surface area contributed by atoms with Gasteiger partial charge in [-0.05, 0) is 65.7 Å². The van der Waals surface area contributed by atoms with Crippen molar-refractivity contribution < 1.29 is 19.0 Å². The summed E-state index contributed by atoms with van der Waals surface area (Å²) in [5, 5.41) is 4.88. The zero-order valence-electron chi connectivity index (χ0n) is 20.0. The molecule has 0 saturated heterocycles. The van der Waals surface area contributed by atoms with Crippen LogP contribution >= 0.6 is 0 Å². The Morgan fingerprint density at radius 2 is 1.42 bits per heavy atom. The van der Waals surface area contributed by atoms with Crippen LogP contribution in [-0.4, -0.2) is 25.9 Å². The molecule has 0 spiro atoms. The molecule has 0 aromatic heterocycles. The first-order valence-electron chi connectivity index (χ1n) is 11.6. The van der Waals surface area contributed by atoms with Crippen molar-refractivity contribution in [1.82, 2.24) is 0 Å². The van der Waals surface area contributed by atoms with E-state index in [1.165, 1.54) is 0 Å². The van der Waals surface area contributed by atoms with Gasteiger partial charge in [-0.3, -0.25) is 5.43 Å². The number of benzene rings is 4. The summed E-state index contributed by atoms with van der Waals surface area (Å²) in [7, 11) is 3.27. The van der Waals surface area contributed by atoms with Crippen LogP contribution in [0.3, 0.4) is 0 Å². The van der Waals surface area contributed by atoms with Gasteiger partial charge in [0.2, 0.25) is 0 Å². The van der Waals surface area contributed by atoms with Crippen LogP contribution in [0.2, 0.25) is 0 Å². The number of rotatable bonds is 8. The smallest absolute Gasteiger partial charge is 0.339 e. The number of nitrogens with zero attached hydrogens (tertiary/aromatic N) is 1. The maximum Gasteiger partial charge on any atom is 0.339 e. The van der Waals surface area contributed by atoms with E-state index in [0.29, 0.717) is 5.56 Å². The topological polar surface area (TPSA) is 69.2 Å². The monoisotopic (exact) mass is 478 g/mol. The van der Waals surface area contributed by atoms with Crippen LogP contribution in [-0.2, 0) is 4.74 Å². The number of para-hydroxylation sites is 1. The molecule has 4 aromatic carbocycles. The van der Waals surface area contributed by atoms with Crippen molar-refractivity contribution in [1.29, 1.82) is 0 Å². The number of ether oxygens (including phenoxy) is 3. The Morgan fingerprint density at radius 1 is 0.806 bits per heavy atom. The molecule has 6 heteroatoms. The molecule has 1 N–H and O–H groups in total. The maximum atomic E-state index is 12.8. The highest BCUT2D eigenvalue weighted by atomic mass is 16.5. The number of hydrogen-bond donors (Lipinski definition) is 1. The zero-order valence-corrected chi connectivity index (χ0v) is 20.0. The third-order valence-corrected chi connectivity index (χ3v) is 6.26. The van der Waals surface area contributed by atoms with Gasteiger partial charge in [0.15, 0.2) is 0 Å². The molecule has 2 atom stereocenters. The molecule has 0 aliphatic carbocycles. The fourth-order valence-electron chi connectivity index (χ4n) is 4.42. The molecule has 4 aromatic rings. The highest BCUT2D eigenvalue weighted by Gasteiger charge is 2.40. The van der Waals surface area contributed by atoms with Crippen molar-refractivity contribution in [2.75, 3.05) is 19.6 Å². The molecule has 1 aliphatic heterocycles. The summed E-state index contributed by atoms with van der Waals surface area (Å²) in [6, 6.07) is 32.7. The van der Waals surface area contributed by atoms with Crippen LogP contribution in [0.25, 0.3) is 0 Å². The Kier molecular flexibility index (Phi) is 6.67. The van der Waals surface area contributed by atoms with E-state index in [0.717, 1.165) is 39.6 Å². The lowest BCUT2D eigenvalue weighted by molar-refractivity contribution is 0.0368. The van der Waals surface area contributed by atoms with Crippen molar-refractivity contribution in [3.05, 3.63) is 125 Å². The van der Waals surface area contributed by atoms with E-state index in [1.807, 2.05) is 97.1 Å². The van der Waals surface area contributed by atoms with Gasteiger partial charge in [0.1, 0.15) is 17.6 Å². The normalized spacial score (nSPS) is 15.6. The minimum absolute atomic E-state index is 0.334. The second-order valence-corrected chi connectivity index (χ2v) is 8.37. The Bertz CT molecular complexity index is 1370. The number of fused-ring (bicyclic) bond motifs is 1. The first-order chi connectivity index (χ1) is 17.7. The van der Waals surface area contributed by atoms with Gasteiger partial charge in [-0.1, -0.05) is 48.5 Å². The molecular weight excluding hydrogens is 452 g/mol. The van der Waals surface area contributed by atoms with Gasteiger partial charge in [-0.25, -0.2) is 4.79 Å². The van der Waals surface area contributed by atoms with E-state index in [9.17, 15) is 4.79 Å². The molecule has 1 aliphatic rings. The summed E-state index contributed by atoms with van der Waals surface area (Å²) in [6.45, 7) is 0. The van der Waals surface area contributed by atoms with Gasteiger partial charge in [0.05, 0.1) is 37.1 Å². The van der Waals surface area contributed by atoms with Gasteiger partial charge in [0, 0.05) is 5.56 Å². The predicted octanol–water partition coefficient (Wildman–Crippen LogP) is 6.22. The van der Waals surface area contributed by atoms with Gasteiger partial charge in [-0.2, -0.15) is 5.10 Å². The second-order valence-electron chi connectivity index (χ2n) is 8.37. The molecule has 0 saturated carbocycles. The first kappa shape index (κ1) is 23.2. The number of anilines is 1. The van der Waals surface area contributed by atoms with Crippen LogP contribution in [0.1, 0.15) is 39.1 Å². The number of esters is 1. The molecule has 6 nitrogen and oxygen atoms in total. The van der Waals surface area contributed by atoms with Gasteiger partial charge >= 0.3 is 5.97 Å². The van der Waals surface area contributed by atoms with Crippen LogP contribution in [0.5, 0.6) is 11.5 Å². The predicted molar refractivity (Wildman–Crippen MR) is 140 cm³/mol. The molecule has 0 radical (unpaired) electrons. The van der Waals surface area contributed by atoms with Crippen molar-refractivity contribution in [3.8, 4) is 11.5 Å². The summed E-state index contributed by atoms with van der Waals surface area (Å²) in [5.41, 5.74) is 7.99. The molecular formula is C30H26N2O4. The summed E-state index contributed by atoms with van der Waals surface area (Å²) in [4.78, 5) is 12.8. The number of nitrogens with one attached hydrogen (secondary N) is 1. The highest BCUT2D eigenvalue weighted by molar-refractivity contribution is 6.07. The average molecular weight is 479 g/mol. The summed E-state index contributed by atoms with van der Waals surface area (Å²) in [5.74, 6) is 0.756. The number of methoxy groups -OCH3 is 2. The van der Waals surface area contributed by atoms with Crippen LogP contribution < -0.4 is 14.9 Å². The quantitative estimate of drug-likeness (QED) is 0.185.